The highest BCUT2D eigenvalue weighted by atomic mass is 19.4. The molecule has 5 N–H and O–H groups in total. The van der Waals surface area contributed by atoms with Gasteiger partial charge in [-0.25, -0.2) is 4.98 Å². The molecule has 3 rings (SSSR count). The van der Waals surface area contributed by atoms with Crippen LogP contribution in [0.3, 0.4) is 0 Å². The van der Waals surface area contributed by atoms with Gasteiger partial charge in [0.15, 0.2) is 0 Å². The van der Waals surface area contributed by atoms with Crippen LogP contribution in [0.5, 0.6) is 0 Å². The number of allylic oxidation sites excluding steroid dienone is 5. The second kappa shape index (κ2) is 8.67. The monoisotopic (exact) mass is 438 g/mol. The summed E-state index contributed by atoms with van der Waals surface area (Å²) in [7, 11) is 0. The van der Waals surface area contributed by atoms with Crippen LogP contribution >= 0.6 is 0 Å². The van der Waals surface area contributed by atoms with Crippen LogP contribution in [0, 0.1) is 27.6 Å². The van der Waals surface area contributed by atoms with Gasteiger partial charge in [0, 0.05) is 11.8 Å². The summed E-state index contributed by atoms with van der Waals surface area (Å²) in [5.41, 5.74) is 7.09. The molecular weight excluding hydrogens is 419 g/mol. The van der Waals surface area contributed by atoms with Gasteiger partial charge in [0.05, 0.1) is 35.6 Å². The van der Waals surface area contributed by atoms with Gasteiger partial charge in [-0.1, -0.05) is 18.7 Å². The maximum absolute atomic E-state index is 12.6. The average molecular weight is 438 g/mol. The van der Waals surface area contributed by atoms with Crippen molar-refractivity contribution in [3.8, 4) is 6.07 Å². The topological polar surface area (TPSA) is 122 Å². The van der Waals surface area contributed by atoms with E-state index in [9.17, 15) is 22.0 Å². The third kappa shape index (κ3) is 5.53. The van der Waals surface area contributed by atoms with Crippen molar-refractivity contribution in [2.75, 3.05) is 17.6 Å². The Hall–Kier alpha value is -3.55. The van der Waals surface area contributed by atoms with Crippen molar-refractivity contribution in [2.24, 2.45) is 5.41 Å². The Balaban J connectivity index is 0.000000231. The Bertz CT molecular complexity index is 996. The third-order valence-electron chi connectivity index (χ3n) is 4.65. The molecule has 1 saturated carbocycles. The number of hydrogen-bond donors (Lipinski definition) is 4. The first-order chi connectivity index (χ1) is 14.3. The van der Waals surface area contributed by atoms with E-state index < -0.39 is 18.6 Å². The zero-order chi connectivity index (χ0) is 23.4. The number of rotatable bonds is 5. The van der Waals surface area contributed by atoms with Gasteiger partial charge in [0.25, 0.3) is 0 Å². The molecular formula is C20H19F5N6. The summed E-state index contributed by atoms with van der Waals surface area (Å²) in [5.74, 6) is -4.84. The van der Waals surface area contributed by atoms with Gasteiger partial charge in [-0.15, -0.1) is 0 Å². The Labute approximate surface area is 175 Å². The molecule has 1 heterocycles. The lowest BCUT2D eigenvalue weighted by atomic mass is 9.90. The molecule has 0 amide bonds. The van der Waals surface area contributed by atoms with Gasteiger partial charge in [0.1, 0.15) is 5.82 Å². The molecule has 0 aromatic carbocycles. The van der Waals surface area contributed by atoms with Gasteiger partial charge in [-0.3, -0.25) is 0 Å². The molecule has 0 unspecified atom stereocenters. The standard InChI is InChI=1S/C11H10N2.C9H9F5N4/c1-8-2-3-9(6-10(8)13)11(7-12)4-5-11;10-8(11,9(12,13)14)4-18-6-3-17-7(16)1-5(6)2-15/h2-3,6,13H,1,4-5H2;1-3,15,18H,4H2,(H2,16,17). The maximum atomic E-state index is 12.6. The number of nitrogen functional groups attached to an aromatic ring is 1. The number of nitriles is 1. The van der Waals surface area contributed by atoms with Crippen LogP contribution in [-0.2, 0) is 0 Å². The molecule has 6 nitrogen and oxygen atoms in total. The highest BCUT2D eigenvalue weighted by Crippen LogP contribution is 2.52. The van der Waals surface area contributed by atoms with Gasteiger partial charge in [0.2, 0.25) is 0 Å². The number of halogens is 5. The van der Waals surface area contributed by atoms with E-state index in [2.05, 4.69) is 17.6 Å². The molecule has 0 saturated heterocycles. The van der Waals surface area contributed by atoms with Crippen LogP contribution in [0.25, 0.3) is 0 Å². The average Bonchev–Trinajstić information content (AvgIpc) is 3.50. The normalized spacial score (nSPS) is 17.1. The second-order valence-corrected chi connectivity index (χ2v) is 6.96. The van der Waals surface area contributed by atoms with E-state index in [0.717, 1.165) is 36.4 Å². The number of nitrogens with two attached hydrogens (primary N) is 1. The fraction of sp³-hybridized carbons (Fsp3) is 0.300. The molecule has 31 heavy (non-hydrogen) atoms. The Morgan fingerprint density at radius 2 is 1.94 bits per heavy atom. The molecule has 0 atom stereocenters. The summed E-state index contributed by atoms with van der Waals surface area (Å²) < 4.78 is 61.0. The number of aromatic nitrogens is 1. The van der Waals surface area contributed by atoms with E-state index in [0.29, 0.717) is 5.71 Å². The number of nitrogens with zero attached hydrogens (tertiary/aromatic N) is 2. The Kier molecular flexibility index (Phi) is 6.64. The highest BCUT2D eigenvalue weighted by molar-refractivity contribution is 6.09. The van der Waals surface area contributed by atoms with Gasteiger partial charge < -0.3 is 21.9 Å². The van der Waals surface area contributed by atoms with Crippen LogP contribution in [0.4, 0.5) is 33.5 Å². The van der Waals surface area contributed by atoms with Crippen molar-refractivity contribution >= 4 is 23.4 Å². The molecule has 2 aliphatic rings. The third-order valence-corrected chi connectivity index (χ3v) is 4.65. The van der Waals surface area contributed by atoms with Crippen molar-refractivity contribution in [3.05, 3.63) is 53.8 Å². The van der Waals surface area contributed by atoms with Crippen molar-refractivity contribution in [2.45, 2.75) is 24.9 Å². The fourth-order valence-electron chi connectivity index (χ4n) is 2.53. The summed E-state index contributed by atoms with van der Waals surface area (Å²) in [4.78, 5) is 3.54. The minimum absolute atomic E-state index is 0.0293. The van der Waals surface area contributed by atoms with Gasteiger partial charge in [-0.05, 0) is 36.1 Å². The van der Waals surface area contributed by atoms with E-state index in [-0.39, 0.29) is 22.5 Å². The fourth-order valence-corrected chi connectivity index (χ4v) is 2.53. The number of hydrogen-bond acceptors (Lipinski definition) is 6. The number of anilines is 2. The summed E-state index contributed by atoms with van der Waals surface area (Å²) in [6, 6.07) is 3.49. The lowest BCUT2D eigenvalue weighted by molar-refractivity contribution is -0.275. The van der Waals surface area contributed by atoms with Crippen LogP contribution in [0.15, 0.2) is 48.2 Å². The molecule has 0 aliphatic heterocycles. The first kappa shape index (κ1) is 23.7. The number of nitrogens with one attached hydrogen (secondary N) is 3. The quantitative estimate of drug-likeness (QED) is 0.395. The maximum Gasteiger partial charge on any atom is 0.455 e. The predicted octanol–water partition coefficient (Wildman–Crippen LogP) is 4.63. The molecule has 0 radical (unpaired) electrons. The van der Waals surface area contributed by atoms with E-state index in [1.54, 1.807) is 6.08 Å². The van der Waals surface area contributed by atoms with Crippen molar-refractivity contribution in [1.29, 1.82) is 16.1 Å². The van der Waals surface area contributed by atoms with E-state index >= 15 is 0 Å². The van der Waals surface area contributed by atoms with Crippen LogP contribution in [-0.4, -0.2) is 35.6 Å². The molecule has 11 heteroatoms. The molecule has 1 fully saturated rings. The predicted molar refractivity (Wildman–Crippen MR) is 107 cm³/mol. The molecule has 1 aromatic heterocycles. The van der Waals surface area contributed by atoms with Crippen LogP contribution < -0.4 is 11.1 Å². The lowest BCUT2D eigenvalue weighted by Crippen LogP contribution is -2.42. The minimum atomic E-state index is -5.63. The summed E-state index contributed by atoms with van der Waals surface area (Å²) in [6.45, 7) is 2.08. The Morgan fingerprint density at radius 1 is 1.29 bits per heavy atom. The van der Waals surface area contributed by atoms with Crippen molar-refractivity contribution < 1.29 is 22.0 Å². The smallest absolute Gasteiger partial charge is 0.384 e. The molecule has 164 valence electrons. The lowest BCUT2D eigenvalue weighted by Gasteiger charge is -2.20. The first-order valence-corrected chi connectivity index (χ1v) is 8.89. The Morgan fingerprint density at radius 3 is 2.42 bits per heavy atom. The number of pyridine rings is 1. The van der Waals surface area contributed by atoms with Crippen molar-refractivity contribution in [3.63, 3.8) is 0 Å². The van der Waals surface area contributed by atoms with Crippen LogP contribution in [0.2, 0.25) is 0 Å². The SMILES string of the molecule is C=C1C=CC(C2(C#N)CC2)=CC1=N.N=Cc1cc(N)ncc1NCC(F)(F)C(F)(F)F. The van der Waals surface area contributed by atoms with Crippen molar-refractivity contribution in [1.82, 2.24) is 4.98 Å². The minimum Gasteiger partial charge on any atom is -0.384 e. The summed E-state index contributed by atoms with van der Waals surface area (Å²) in [6.07, 6.45) is 3.48. The van der Waals surface area contributed by atoms with E-state index in [4.69, 9.17) is 21.8 Å². The van der Waals surface area contributed by atoms with Gasteiger partial charge in [-0.2, -0.15) is 27.2 Å². The summed E-state index contributed by atoms with van der Waals surface area (Å²) in [5, 5.41) is 25.4. The summed E-state index contributed by atoms with van der Waals surface area (Å²) >= 11 is 0. The zero-order valence-electron chi connectivity index (χ0n) is 16.2. The highest BCUT2D eigenvalue weighted by Gasteiger charge is 2.57. The van der Waals surface area contributed by atoms with E-state index in [1.807, 2.05) is 17.5 Å². The van der Waals surface area contributed by atoms with Gasteiger partial charge >= 0.3 is 12.1 Å². The van der Waals surface area contributed by atoms with Crippen LogP contribution in [0.1, 0.15) is 18.4 Å². The molecule has 0 bridgehead atoms. The zero-order valence-corrected chi connectivity index (χ0v) is 16.2. The van der Waals surface area contributed by atoms with E-state index in [1.165, 1.54) is 6.07 Å². The first-order valence-electron chi connectivity index (χ1n) is 8.89. The number of alkyl halides is 5. The molecule has 2 aliphatic carbocycles. The molecule has 0 spiro atoms. The second-order valence-electron chi connectivity index (χ2n) is 6.96. The largest absolute Gasteiger partial charge is 0.455 e. The molecule has 1 aromatic rings.